The number of hydrogen-bond acceptors (Lipinski definition) is 5. The van der Waals surface area contributed by atoms with Crippen molar-refractivity contribution in [1.82, 2.24) is 24.6 Å². The fourth-order valence-electron chi connectivity index (χ4n) is 3.67. The molecule has 3 heterocycles. The summed E-state index contributed by atoms with van der Waals surface area (Å²) in [5.41, 5.74) is 2.05. The van der Waals surface area contributed by atoms with Crippen molar-refractivity contribution in [2.75, 3.05) is 13.1 Å². The first-order chi connectivity index (χ1) is 14.0. The average Bonchev–Trinajstić information content (AvgIpc) is 3.07. The molecule has 4 rings (SSSR count). The highest BCUT2D eigenvalue weighted by Crippen LogP contribution is 2.33. The molecule has 1 aromatic carbocycles. The van der Waals surface area contributed by atoms with Gasteiger partial charge in [0, 0.05) is 44.6 Å². The van der Waals surface area contributed by atoms with Gasteiger partial charge in [0.1, 0.15) is 17.3 Å². The van der Waals surface area contributed by atoms with Gasteiger partial charge in [0.25, 0.3) is 5.91 Å². The highest BCUT2D eigenvalue weighted by atomic mass is 19.1. The minimum Gasteiger partial charge on any atom is -0.437 e. The third-order valence-corrected chi connectivity index (χ3v) is 5.06. The van der Waals surface area contributed by atoms with Gasteiger partial charge >= 0.3 is 0 Å². The number of hydrogen-bond donors (Lipinski definition) is 0. The lowest BCUT2D eigenvalue weighted by atomic mass is 9.94. The Bertz CT molecular complexity index is 1020. The molecule has 1 amide bonds. The monoisotopic (exact) mass is 395 g/mol. The average molecular weight is 395 g/mol. The molecule has 1 unspecified atom stereocenters. The van der Waals surface area contributed by atoms with Gasteiger partial charge in [0.15, 0.2) is 0 Å². The quantitative estimate of drug-likeness (QED) is 0.676. The number of benzene rings is 1. The third kappa shape index (κ3) is 4.11. The molecule has 7 nitrogen and oxygen atoms in total. The summed E-state index contributed by atoms with van der Waals surface area (Å²) >= 11 is 0. The Kier molecular flexibility index (Phi) is 5.24. The Morgan fingerprint density at radius 2 is 1.97 bits per heavy atom. The van der Waals surface area contributed by atoms with Crippen molar-refractivity contribution >= 4 is 5.91 Å². The summed E-state index contributed by atoms with van der Waals surface area (Å²) in [6.07, 6.45) is 6.69. The van der Waals surface area contributed by atoms with E-state index in [-0.39, 0.29) is 17.6 Å². The first-order valence-electron chi connectivity index (χ1n) is 9.55. The number of nitrogens with zero attached hydrogens (tertiary/aromatic N) is 5. The van der Waals surface area contributed by atoms with Crippen molar-refractivity contribution < 1.29 is 13.9 Å². The summed E-state index contributed by atoms with van der Waals surface area (Å²) in [7, 11) is 1.81. The topological polar surface area (TPSA) is 73.1 Å². The number of halogens is 1. The van der Waals surface area contributed by atoms with Crippen molar-refractivity contribution in [3.8, 4) is 11.6 Å². The van der Waals surface area contributed by atoms with E-state index in [1.54, 1.807) is 42.5 Å². The summed E-state index contributed by atoms with van der Waals surface area (Å²) in [4.78, 5) is 23.6. The van der Waals surface area contributed by atoms with Gasteiger partial charge in [-0.15, -0.1) is 0 Å². The molecule has 0 saturated carbocycles. The van der Waals surface area contributed by atoms with Gasteiger partial charge in [-0.3, -0.25) is 14.5 Å². The van der Waals surface area contributed by atoms with E-state index >= 15 is 0 Å². The van der Waals surface area contributed by atoms with E-state index in [9.17, 15) is 9.18 Å². The summed E-state index contributed by atoms with van der Waals surface area (Å²) in [5.74, 6) is 0.529. The maximum absolute atomic E-state index is 13.2. The van der Waals surface area contributed by atoms with E-state index in [4.69, 9.17) is 4.74 Å². The van der Waals surface area contributed by atoms with Crippen LogP contribution in [-0.4, -0.2) is 43.6 Å². The minimum atomic E-state index is -0.330. The standard InChI is InChI=1S/C21H22FN5O2/c1-14-18(13-26(2)25-14)21(28)27-11-3-4-15(12-27)19-20(24-10-9-23-19)29-17-7-5-16(22)6-8-17/h5-10,13,15H,3-4,11-12H2,1-2H3. The smallest absolute Gasteiger partial charge is 0.257 e. The van der Waals surface area contributed by atoms with E-state index in [1.807, 2.05) is 11.8 Å². The van der Waals surface area contributed by atoms with Gasteiger partial charge < -0.3 is 9.64 Å². The van der Waals surface area contributed by atoms with Crippen LogP contribution in [0.1, 0.15) is 40.5 Å². The van der Waals surface area contributed by atoms with Crippen LogP contribution in [-0.2, 0) is 7.05 Å². The summed E-state index contributed by atoms with van der Waals surface area (Å²) in [5, 5.41) is 4.27. The van der Waals surface area contributed by atoms with Gasteiger partial charge in [-0.05, 0) is 44.0 Å². The van der Waals surface area contributed by atoms with E-state index in [1.165, 1.54) is 12.1 Å². The molecular weight excluding hydrogens is 373 g/mol. The molecule has 1 fully saturated rings. The van der Waals surface area contributed by atoms with Gasteiger partial charge in [-0.25, -0.2) is 9.37 Å². The van der Waals surface area contributed by atoms with Gasteiger partial charge in [-0.1, -0.05) is 0 Å². The molecule has 1 saturated heterocycles. The van der Waals surface area contributed by atoms with Crippen LogP contribution in [0.4, 0.5) is 4.39 Å². The van der Waals surface area contributed by atoms with Crippen LogP contribution in [0.3, 0.4) is 0 Å². The third-order valence-electron chi connectivity index (χ3n) is 5.06. The fraction of sp³-hybridized carbons (Fsp3) is 0.333. The van der Waals surface area contributed by atoms with Crippen molar-refractivity contribution in [3.63, 3.8) is 0 Å². The lowest BCUT2D eigenvalue weighted by Gasteiger charge is -2.32. The second-order valence-electron chi connectivity index (χ2n) is 7.19. The van der Waals surface area contributed by atoms with Crippen LogP contribution in [0.2, 0.25) is 0 Å². The number of carbonyl (C=O) groups is 1. The highest BCUT2D eigenvalue weighted by molar-refractivity contribution is 5.95. The number of likely N-dealkylation sites (tertiary alicyclic amines) is 1. The molecule has 150 valence electrons. The van der Waals surface area contributed by atoms with Crippen LogP contribution >= 0.6 is 0 Å². The number of rotatable bonds is 4. The Labute approximate surface area is 168 Å². The number of carbonyl (C=O) groups excluding carboxylic acids is 1. The maximum atomic E-state index is 13.2. The SMILES string of the molecule is Cc1nn(C)cc1C(=O)N1CCCC(c2nccnc2Oc2ccc(F)cc2)C1. The van der Waals surface area contributed by atoms with Crippen molar-refractivity contribution in [1.29, 1.82) is 0 Å². The van der Waals surface area contributed by atoms with Crippen molar-refractivity contribution in [2.45, 2.75) is 25.7 Å². The summed E-state index contributed by atoms with van der Waals surface area (Å²) in [6, 6.07) is 5.77. The molecule has 0 spiro atoms. The zero-order valence-corrected chi connectivity index (χ0v) is 16.4. The largest absolute Gasteiger partial charge is 0.437 e. The predicted molar refractivity (Wildman–Crippen MR) is 104 cm³/mol. The van der Waals surface area contributed by atoms with Crippen LogP contribution in [0.25, 0.3) is 0 Å². The lowest BCUT2D eigenvalue weighted by Crippen LogP contribution is -2.39. The molecule has 3 aromatic rings. The van der Waals surface area contributed by atoms with E-state index in [2.05, 4.69) is 15.1 Å². The van der Waals surface area contributed by atoms with E-state index in [0.29, 0.717) is 36.0 Å². The minimum absolute atomic E-state index is 0.00817. The zero-order chi connectivity index (χ0) is 20.4. The fourth-order valence-corrected chi connectivity index (χ4v) is 3.67. The Morgan fingerprint density at radius 1 is 1.21 bits per heavy atom. The Hall–Kier alpha value is -3.29. The number of aryl methyl sites for hydroxylation is 2. The van der Waals surface area contributed by atoms with E-state index in [0.717, 1.165) is 18.5 Å². The van der Waals surface area contributed by atoms with E-state index < -0.39 is 0 Å². The number of ether oxygens (including phenoxy) is 1. The van der Waals surface area contributed by atoms with Crippen LogP contribution in [0.5, 0.6) is 11.6 Å². The molecule has 0 bridgehead atoms. The maximum Gasteiger partial charge on any atom is 0.257 e. The molecule has 2 aromatic heterocycles. The molecule has 29 heavy (non-hydrogen) atoms. The molecular formula is C21H22FN5O2. The van der Waals surface area contributed by atoms with Crippen LogP contribution in [0, 0.1) is 12.7 Å². The molecule has 0 N–H and O–H groups in total. The highest BCUT2D eigenvalue weighted by Gasteiger charge is 2.30. The normalized spacial score (nSPS) is 16.7. The number of piperidine rings is 1. The van der Waals surface area contributed by atoms with Gasteiger partial charge in [0.05, 0.1) is 11.3 Å². The first-order valence-corrected chi connectivity index (χ1v) is 9.55. The molecule has 0 aliphatic carbocycles. The molecule has 1 atom stereocenters. The van der Waals surface area contributed by atoms with Crippen molar-refractivity contribution in [2.24, 2.45) is 7.05 Å². The second-order valence-corrected chi connectivity index (χ2v) is 7.19. The number of amides is 1. The van der Waals surface area contributed by atoms with Crippen LogP contribution < -0.4 is 4.74 Å². The second kappa shape index (κ2) is 7.98. The number of aromatic nitrogens is 4. The Morgan fingerprint density at radius 3 is 2.69 bits per heavy atom. The molecule has 1 aliphatic heterocycles. The van der Waals surface area contributed by atoms with Gasteiger partial charge in [-0.2, -0.15) is 5.10 Å². The predicted octanol–water partition coefficient (Wildman–Crippen LogP) is 3.47. The summed E-state index contributed by atoms with van der Waals surface area (Å²) in [6.45, 7) is 3.07. The molecule has 8 heteroatoms. The Balaban J connectivity index is 1.55. The lowest BCUT2D eigenvalue weighted by molar-refractivity contribution is 0.0704. The molecule has 1 aliphatic rings. The molecule has 0 radical (unpaired) electrons. The summed E-state index contributed by atoms with van der Waals surface area (Å²) < 4.78 is 20.7. The van der Waals surface area contributed by atoms with Crippen molar-refractivity contribution in [3.05, 3.63) is 65.6 Å². The first kappa shape index (κ1) is 19.0. The van der Waals surface area contributed by atoms with Crippen LogP contribution in [0.15, 0.2) is 42.9 Å². The van der Waals surface area contributed by atoms with Gasteiger partial charge in [0.2, 0.25) is 5.88 Å². The zero-order valence-electron chi connectivity index (χ0n) is 16.4.